The zero-order chi connectivity index (χ0) is 13.6. The predicted octanol–water partition coefficient (Wildman–Crippen LogP) is 0.371. The number of alkyl halides is 2. The molecule has 0 heterocycles. The molecule has 6 heteroatoms. The SMILES string of the molecule is O=C([O-])C(Cl)(Cl)CCCCCc1ccc(Cl)cc1.[Na+]. The van der Waals surface area contributed by atoms with Gasteiger partial charge in [-0.3, -0.25) is 0 Å². The van der Waals surface area contributed by atoms with Crippen LogP contribution in [0.4, 0.5) is 0 Å². The van der Waals surface area contributed by atoms with Gasteiger partial charge in [-0.15, -0.1) is 0 Å². The van der Waals surface area contributed by atoms with Crippen LogP contribution < -0.4 is 34.7 Å². The second-order valence-electron chi connectivity index (χ2n) is 4.18. The molecule has 0 aliphatic rings. The molecule has 0 amide bonds. The van der Waals surface area contributed by atoms with Gasteiger partial charge in [-0.1, -0.05) is 59.8 Å². The number of rotatable bonds is 7. The first-order valence-electron chi connectivity index (χ1n) is 5.75. The van der Waals surface area contributed by atoms with Crippen molar-refractivity contribution in [1.82, 2.24) is 0 Å². The van der Waals surface area contributed by atoms with Crippen LogP contribution in [0.1, 0.15) is 31.2 Å². The largest absolute Gasteiger partial charge is 1.00 e. The first-order valence-corrected chi connectivity index (χ1v) is 6.89. The van der Waals surface area contributed by atoms with Crippen molar-refractivity contribution in [1.29, 1.82) is 0 Å². The van der Waals surface area contributed by atoms with Gasteiger partial charge in [0.05, 0.1) is 5.97 Å². The molecule has 0 aromatic heterocycles. The van der Waals surface area contributed by atoms with Crippen LogP contribution in [0.15, 0.2) is 24.3 Å². The van der Waals surface area contributed by atoms with Crippen molar-refractivity contribution >= 4 is 40.8 Å². The molecule has 100 valence electrons. The Balaban J connectivity index is 0.00000324. The second kappa shape index (κ2) is 9.49. The van der Waals surface area contributed by atoms with Crippen molar-refractivity contribution in [3.05, 3.63) is 34.9 Å². The van der Waals surface area contributed by atoms with E-state index in [9.17, 15) is 9.90 Å². The van der Waals surface area contributed by atoms with E-state index in [2.05, 4.69) is 0 Å². The summed E-state index contributed by atoms with van der Waals surface area (Å²) in [7, 11) is 0. The maximum absolute atomic E-state index is 10.6. The number of unbranched alkanes of at least 4 members (excludes halogenated alkanes) is 2. The number of hydrogen-bond donors (Lipinski definition) is 0. The number of carbonyl (C=O) groups is 1. The van der Waals surface area contributed by atoms with E-state index in [0.717, 1.165) is 24.3 Å². The molecule has 2 nitrogen and oxygen atoms in total. The number of benzene rings is 1. The fourth-order valence-corrected chi connectivity index (χ4v) is 2.00. The number of carboxylic acids is 1. The van der Waals surface area contributed by atoms with Gasteiger partial charge in [0.15, 0.2) is 4.33 Å². The van der Waals surface area contributed by atoms with E-state index in [4.69, 9.17) is 34.8 Å². The van der Waals surface area contributed by atoms with Crippen LogP contribution in [0.5, 0.6) is 0 Å². The molecule has 0 spiro atoms. The molecule has 0 saturated carbocycles. The number of carbonyl (C=O) groups excluding carboxylic acids is 1. The molecule has 1 rings (SSSR count). The van der Waals surface area contributed by atoms with Crippen molar-refractivity contribution in [2.24, 2.45) is 0 Å². The Labute approximate surface area is 150 Å². The molecule has 0 unspecified atom stereocenters. The van der Waals surface area contributed by atoms with E-state index in [1.807, 2.05) is 24.3 Å². The third kappa shape index (κ3) is 7.79. The fourth-order valence-electron chi connectivity index (χ4n) is 1.61. The van der Waals surface area contributed by atoms with E-state index in [1.54, 1.807) is 0 Å². The third-order valence-corrected chi connectivity index (χ3v) is 3.61. The minimum absolute atomic E-state index is 0. The Morgan fingerprint density at radius 3 is 2.21 bits per heavy atom. The zero-order valence-electron chi connectivity index (χ0n) is 10.8. The summed E-state index contributed by atoms with van der Waals surface area (Å²) >= 11 is 16.9. The zero-order valence-corrected chi connectivity index (χ0v) is 15.1. The van der Waals surface area contributed by atoms with Gasteiger partial charge in [0.25, 0.3) is 0 Å². The molecule has 19 heavy (non-hydrogen) atoms. The molecular formula is C13H14Cl3NaO2. The molecule has 0 aliphatic heterocycles. The summed E-state index contributed by atoms with van der Waals surface area (Å²) < 4.78 is -1.76. The van der Waals surface area contributed by atoms with Gasteiger partial charge in [-0.2, -0.15) is 0 Å². The van der Waals surface area contributed by atoms with Crippen LogP contribution in [0.2, 0.25) is 5.02 Å². The number of aliphatic carboxylic acids is 1. The number of aryl methyl sites for hydroxylation is 1. The normalized spacial score (nSPS) is 10.9. The third-order valence-electron chi connectivity index (χ3n) is 2.67. The minimum Gasteiger partial charge on any atom is -0.547 e. The molecule has 1 aromatic rings. The monoisotopic (exact) mass is 330 g/mol. The molecule has 1 aromatic carbocycles. The second-order valence-corrected chi connectivity index (χ2v) is 6.10. The van der Waals surface area contributed by atoms with Crippen LogP contribution in [0.3, 0.4) is 0 Å². The van der Waals surface area contributed by atoms with Crippen LogP contribution in [-0.2, 0) is 11.2 Å². The Hall–Kier alpha value is 0.560. The fraction of sp³-hybridized carbons (Fsp3) is 0.462. The Morgan fingerprint density at radius 1 is 1.11 bits per heavy atom. The predicted molar refractivity (Wildman–Crippen MR) is 73.1 cm³/mol. The number of hydrogen-bond acceptors (Lipinski definition) is 2. The quantitative estimate of drug-likeness (QED) is 0.411. The van der Waals surface area contributed by atoms with Crippen molar-refractivity contribution in [3.63, 3.8) is 0 Å². The smallest absolute Gasteiger partial charge is 0.547 e. The summed E-state index contributed by atoms with van der Waals surface area (Å²) in [5, 5.41) is 11.3. The molecule has 0 saturated heterocycles. The van der Waals surface area contributed by atoms with E-state index >= 15 is 0 Å². The van der Waals surface area contributed by atoms with Gasteiger partial charge in [-0.05, 0) is 37.0 Å². The average Bonchev–Trinajstić information content (AvgIpc) is 2.31. The first-order chi connectivity index (χ1) is 8.42. The maximum atomic E-state index is 10.6. The average molecular weight is 332 g/mol. The van der Waals surface area contributed by atoms with Gasteiger partial charge >= 0.3 is 29.6 Å². The minimum atomic E-state index is -1.76. The summed E-state index contributed by atoms with van der Waals surface area (Å²) in [4.78, 5) is 10.6. The number of carboxylic acid groups (broad SMARTS) is 1. The summed E-state index contributed by atoms with van der Waals surface area (Å²) in [5.41, 5.74) is 1.21. The molecule has 0 radical (unpaired) electrons. The molecule has 0 atom stereocenters. The van der Waals surface area contributed by atoms with E-state index < -0.39 is 10.3 Å². The standard InChI is InChI=1S/C13H15Cl3O2.Na/c14-11-7-5-10(6-8-11)4-2-1-3-9-13(15,16)12(17)18;/h5-8H,1-4,9H2,(H,17,18);/q;+1/p-1. The van der Waals surface area contributed by atoms with E-state index in [1.165, 1.54) is 5.56 Å². The van der Waals surface area contributed by atoms with Gasteiger partial charge in [0.2, 0.25) is 0 Å². The summed E-state index contributed by atoms with van der Waals surface area (Å²) in [6, 6.07) is 7.68. The van der Waals surface area contributed by atoms with E-state index in [-0.39, 0.29) is 36.0 Å². The topological polar surface area (TPSA) is 40.1 Å². The molecule has 0 fully saturated rings. The Bertz CT molecular complexity index is 393. The van der Waals surface area contributed by atoms with E-state index in [0.29, 0.717) is 6.42 Å². The van der Waals surface area contributed by atoms with Gasteiger partial charge < -0.3 is 9.90 Å². The Kier molecular flexibility index (Phi) is 9.77. The number of halogens is 3. The summed E-state index contributed by atoms with van der Waals surface area (Å²) in [5.74, 6) is -1.43. The summed E-state index contributed by atoms with van der Waals surface area (Å²) in [6.45, 7) is 0. The van der Waals surface area contributed by atoms with Crippen molar-refractivity contribution in [2.45, 2.75) is 36.4 Å². The van der Waals surface area contributed by atoms with Gasteiger partial charge in [0.1, 0.15) is 0 Å². The molecular weight excluding hydrogens is 317 g/mol. The molecule has 0 aliphatic carbocycles. The van der Waals surface area contributed by atoms with Crippen molar-refractivity contribution in [2.75, 3.05) is 0 Å². The molecule has 0 N–H and O–H groups in total. The van der Waals surface area contributed by atoms with Gasteiger partial charge in [-0.25, -0.2) is 0 Å². The van der Waals surface area contributed by atoms with Crippen molar-refractivity contribution < 1.29 is 39.5 Å². The Morgan fingerprint density at radius 2 is 1.68 bits per heavy atom. The van der Waals surface area contributed by atoms with Crippen LogP contribution in [-0.4, -0.2) is 10.3 Å². The maximum Gasteiger partial charge on any atom is 1.00 e. The van der Waals surface area contributed by atoms with Crippen LogP contribution >= 0.6 is 34.8 Å². The van der Waals surface area contributed by atoms with Crippen LogP contribution in [0, 0.1) is 0 Å². The van der Waals surface area contributed by atoms with Crippen molar-refractivity contribution in [3.8, 4) is 0 Å². The molecule has 0 bridgehead atoms. The first kappa shape index (κ1) is 19.6. The van der Waals surface area contributed by atoms with Gasteiger partial charge in [0, 0.05) is 5.02 Å². The van der Waals surface area contributed by atoms with Crippen LogP contribution in [0.25, 0.3) is 0 Å². The summed E-state index contributed by atoms with van der Waals surface area (Å²) in [6.07, 6.45) is 3.63.